The zero-order valence-electron chi connectivity index (χ0n) is 10.6. The first kappa shape index (κ1) is 12.8. The summed E-state index contributed by atoms with van der Waals surface area (Å²) in [7, 11) is 0. The highest BCUT2D eigenvalue weighted by atomic mass is 16.5. The van der Waals surface area contributed by atoms with Gasteiger partial charge in [0, 0.05) is 17.5 Å². The van der Waals surface area contributed by atoms with Gasteiger partial charge in [-0.1, -0.05) is 12.1 Å². The van der Waals surface area contributed by atoms with E-state index >= 15 is 0 Å². The van der Waals surface area contributed by atoms with E-state index in [0.717, 1.165) is 28.8 Å². The summed E-state index contributed by atoms with van der Waals surface area (Å²) in [5.74, 6) is 0.838. The SMILES string of the molecule is CCOc1cc(C(N)CCN)nc2ccccc12. The molecule has 0 fully saturated rings. The third-order valence-electron chi connectivity index (χ3n) is 2.86. The van der Waals surface area contributed by atoms with Gasteiger partial charge in [-0.15, -0.1) is 0 Å². The summed E-state index contributed by atoms with van der Waals surface area (Å²) in [4.78, 5) is 4.58. The van der Waals surface area contributed by atoms with Crippen LogP contribution in [0.1, 0.15) is 25.1 Å². The molecule has 0 saturated heterocycles. The normalized spacial score (nSPS) is 12.6. The van der Waals surface area contributed by atoms with Gasteiger partial charge in [0.1, 0.15) is 5.75 Å². The molecule has 0 radical (unpaired) electrons. The third kappa shape index (κ3) is 2.60. The van der Waals surface area contributed by atoms with Gasteiger partial charge < -0.3 is 16.2 Å². The van der Waals surface area contributed by atoms with E-state index in [4.69, 9.17) is 16.2 Å². The van der Waals surface area contributed by atoms with Crippen LogP contribution < -0.4 is 16.2 Å². The van der Waals surface area contributed by atoms with E-state index in [1.165, 1.54) is 0 Å². The second kappa shape index (κ2) is 5.80. The summed E-state index contributed by atoms with van der Waals surface area (Å²) in [5, 5.41) is 1.02. The van der Waals surface area contributed by atoms with Crippen molar-refractivity contribution in [2.75, 3.05) is 13.2 Å². The maximum absolute atomic E-state index is 6.06. The largest absolute Gasteiger partial charge is 0.493 e. The molecule has 2 aromatic rings. The summed E-state index contributed by atoms with van der Waals surface area (Å²) < 4.78 is 5.66. The van der Waals surface area contributed by atoms with Gasteiger partial charge in [-0.2, -0.15) is 0 Å². The van der Waals surface area contributed by atoms with E-state index in [-0.39, 0.29) is 6.04 Å². The van der Waals surface area contributed by atoms with Gasteiger partial charge in [-0.3, -0.25) is 4.98 Å². The predicted molar refractivity (Wildman–Crippen MR) is 73.5 cm³/mol. The minimum absolute atomic E-state index is 0.140. The first-order chi connectivity index (χ1) is 8.76. The number of pyridine rings is 1. The van der Waals surface area contributed by atoms with E-state index in [1.54, 1.807) is 0 Å². The summed E-state index contributed by atoms with van der Waals surface area (Å²) >= 11 is 0. The van der Waals surface area contributed by atoms with Gasteiger partial charge >= 0.3 is 0 Å². The molecule has 18 heavy (non-hydrogen) atoms. The van der Waals surface area contributed by atoms with E-state index in [0.29, 0.717) is 13.2 Å². The van der Waals surface area contributed by atoms with Gasteiger partial charge in [0.15, 0.2) is 0 Å². The molecule has 0 aliphatic heterocycles. The summed E-state index contributed by atoms with van der Waals surface area (Å²) in [6.07, 6.45) is 0.719. The molecule has 1 aromatic heterocycles. The zero-order valence-corrected chi connectivity index (χ0v) is 10.6. The average Bonchev–Trinajstić information content (AvgIpc) is 2.39. The van der Waals surface area contributed by atoms with Gasteiger partial charge in [0.2, 0.25) is 0 Å². The molecule has 1 aromatic carbocycles. The Morgan fingerprint density at radius 2 is 2.11 bits per heavy atom. The molecule has 1 unspecified atom stereocenters. The zero-order chi connectivity index (χ0) is 13.0. The highest BCUT2D eigenvalue weighted by Crippen LogP contribution is 2.27. The highest BCUT2D eigenvalue weighted by molar-refractivity contribution is 5.85. The van der Waals surface area contributed by atoms with Crippen LogP contribution in [0.3, 0.4) is 0 Å². The number of aromatic nitrogens is 1. The minimum Gasteiger partial charge on any atom is -0.493 e. The molecule has 1 atom stereocenters. The Labute approximate surface area is 107 Å². The van der Waals surface area contributed by atoms with Crippen molar-refractivity contribution in [1.29, 1.82) is 0 Å². The molecular weight excluding hydrogens is 226 g/mol. The van der Waals surface area contributed by atoms with Crippen LogP contribution in [-0.2, 0) is 0 Å². The smallest absolute Gasteiger partial charge is 0.130 e. The quantitative estimate of drug-likeness (QED) is 0.844. The molecule has 0 saturated carbocycles. The third-order valence-corrected chi connectivity index (χ3v) is 2.86. The van der Waals surface area contributed by atoms with Crippen molar-refractivity contribution in [3.8, 4) is 5.75 Å². The number of fused-ring (bicyclic) bond motifs is 1. The van der Waals surface area contributed by atoms with Gasteiger partial charge in [-0.25, -0.2) is 0 Å². The maximum Gasteiger partial charge on any atom is 0.130 e. The van der Waals surface area contributed by atoms with Crippen LogP contribution >= 0.6 is 0 Å². The maximum atomic E-state index is 6.06. The van der Waals surface area contributed by atoms with Crippen LogP contribution in [0.4, 0.5) is 0 Å². The molecule has 0 spiro atoms. The summed E-state index contributed by atoms with van der Waals surface area (Å²) in [5.41, 5.74) is 13.3. The molecule has 2 rings (SSSR count). The molecule has 96 valence electrons. The number of nitrogens with two attached hydrogens (primary N) is 2. The van der Waals surface area contributed by atoms with E-state index < -0.39 is 0 Å². The minimum atomic E-state index is -0.140. The number of rotatable bonds is 5. The lowest BCUT2D eigenvalue weighted by atomic mass is 10.1. The molecule has 1 heterocycles. The summed E-state index contributed by atoms with van der Waals surface area (Å²) in [6.45, 7) is 3.15. The molecule has 0 aliphatic carbocycles. The van der Waals surface area contributed by atoms with Crippen LogP contribution in [0.25, 0.3) is 10.9 Å². The van der Waals surface area contributed by atoms with E-state index in [2.05, 4.69) is 4.98 Å². The Hall–Kier alpha value is -1.65. The number of nitrogens with zero attached hydrogens (tertiary/aromatic N) is 1. The number of ether oxygens (including phenoxy) is 1. The second-order valence-electron chi connectivity index (χ2n) is 4.18. The molecule has 0 aliphatic rings. The van der Waals surface area contributed by atoms with Gasteiger partial charge in [0.25, 0.3) is 0 Å². The van der Waals surface area contributed by atoms with Gasteiger partial charge in [-0.05, 0) is 32.0 Å². The van der Waals surface area contributed by atoms with Crippen molar-refractivity contribution >= 4 is 10.9 Å². The summed E-state index contributed by atoms with van der Waals surface area (Å²) in [6, 6.07) is 9.70. The lowest BCUT2D eigenvalue weighted by Crippen LogP contribution is -2.16. The number of hydrogen-bond acceptors (Lipinski definition) is 4. The Bertz CT molecular complexity index is 527. The van der Waals surface area contributed by atoms with Crippen LogP contribution in [0.5, 0.6) is 5.75 Å². The van der Waals surface area contributed by atoms with Crippen molar-refractivity contribution in [2.45, 2.75) is 19.4 Å². The number of hydrogen-bond donors (Lipinski definition) is 2. The molecule has 4 nitrogen and oxygen atoms in total. The topological polar surface area (TPSA) is 74.2 Å². The van der Waals surface area contributed by atoms with E-state index in [9.17, 15) is 0 Å². The number of para-hydroxylation sites is 1. The highest BCUT2D eigenvalue weighted by Gasteiger charge is 2.11. The second-order valence-corrected chi connectivity index (χ2v) is 4.18. The first-order valence-corrected chi connectivity index (χ1v) is 6.24. The molecule has 4 heteroatoms. The monoisotopic (exact) mass is 245 g/mol. The van der Waals surface area contributed by atoms with Crippen LogP contribution in [0.15, 0.2) is 30.3 Å². The Morgan fingerprint density at radius 1 is 1.33 bits per heavy atom. The Kier molecular flexibility index (Phi) is 4.12. The molecule has 4 N–H and O–H groups in total. The van der Waals surface area contributed by atoms with Crippen molar-refractivity contribution in [3.05, 3.63) is 36.0 Å². The Balaban J connectivity index is 2.49. The van der Waals surface area contributed by atoms with Crippen molar-refractivity contribution in [1.82, 2.24) is 4.98 Å². The lowest BCUT2D eigenvalue weighted by molar-refractivity contribution is 0.343. The lowest BCUT2D eigenvalue weighted by Gasteiger charge is -2.14. The fourth-order valence-electron chi connectivity index (χ4n) is 1.96. The number of benzene rings is 1. The van der Waals surface area contributed by atoms with Crippen molar-refractivity contribution in [3.63, 3.8) is 0 Å². The van der Waals surface area contributed by atoms with Crippen LogP contribution in [-0.4, -0.2) is 18.1 Å². The van der Waals surface area contributed by atoms with E-state index in [1.807, 2.05) is 37.3 Å². The van der Waals surface area contributed by atoms with Crippen molar-refractivity contribution < 1.29 is 4.74 Å². The standard InChI is InChI=1S/C14H19N3O/c1-2-18-14-9-13(11(16)7-8-15)17-12-6-4-3-5-10(12)14/h3-6,9,11H,2,7-8,15-16H2,1H3. The van der Waals surface area contributed by atoms with Crippen molar-refractivity contribution in [2.24, 2.45) is 11.5 Å². The fourth-order valence-corrected chi connectivity index (χ4v) is 1.96. The first-order valence-electron chi connectivity index (χ1n) is 6.24. The fraction of sp³-hybridized carbons (Fsp3) is 0.357. The molecular formula is C14H19N3O. The predicted octanol–water partition coefficient (Wildman–Crippen LogP) is 1.98. The average molecular weight is 245 g/mol. The Morgan fingerprint density at radius 3 is 2.83 bits per heavy atom. The van der Waals surface area contributed by atoms with Gasteiger partial charge in [0.05, 0.1) is 17.8 Å². The molecule has 0 bridgehead atoms. The molecule has 0 amide bonds. The van der Waals surface area contributed by atoms with Crippen LogP contribution in [0.2, 0.25) is 0 Å². The van der Waals surface area contributed by atoms with Crippen LogP contribution in [0, 0.1) is 0 Å².